The zero-order valence-electron chi connectivity index (χ0n) is 15.2. The summed E-state index contributed by atoms with van der Waals surface area (Å²) in [4.78, 5) is 5.39. The minimum Gasteiger partial charge on any atom is -0.379 e. The molecule has 1 saturated carbocycles. The average molecular weight is 326 g/mol. The minimum absolute atomic E-state index is 0.853. The van der Waals surface area contributed by atoms with Gasteiger partial charge in [-0.25, -0.2) is 0 Å². The van der Waals surface area contributed by atoms with Crippen LogP contribution >= 0.6 is 0 Å². The highest BCUT2D eigenvalue weighted by molar-refractivity contribution is 4.76. The molecule has 4 nitrogen and oxygen atoms in total. The SMILES string of the molecule is NCCCCCCN(CCCN1CCOCC1)C1CCCCC1. The molecule has 0 amide bonds. The monoisotopic (exact) mass is 325 g/mol. The van der Waals surface area contributed by atoms with Crippen LogP contribution in [-0.2, 0) is 4.74 Å². The third kappa shape index (κ3) is 7.97. The van der Waals surface area contributed by atoms with E-state index in [1.807, 2.05) is 0 Å². The molecule has 0 spiro atoms. The van der Waals surface area contributed by atoms with E-state index in [2.05, 4.69) is 9.80 Å². The first kappa shape index (κ1) is 19.2. The van der Waals surface area contributed by atoms with Crippen molar-refractivity contribution in [3.05, 3.63) is 0 Å². The summed E-state index contributed by atoms with van der Waals surface area (Å²) in [6.07, 6.45) is 13.7. The summed E-state index contributed by atoms with van der Waals surface area (Å²) in [6.45, 7) is 8.80. The van der Waals surface area contributed by atoms with Gasteiger partial charge in [0.15, 0.2) is 0 Å². The maximum absolute atomic E-state index is 5.60. The molecule has 1 heterocycles. The van der Waals surface area contributed by atoms with Crippen molar-refractivity contribution < 1.29 is 4.74 Å². The summed E-state index contributed by atoms with van der Waals surface area (Å²) >= 11 is 0. The van der Waals surface area contributed by atoms with E-state index in [1.165, 1.54) is 83.8 Å². The fourth-order valence-corrected chi connectivity index (χ4v) is 4.06. The van der Waals surface area contributed by atoms with E-state index < -0.39 is 0 Å². The van der Waals surface area contributed by atoms with Crippen LogP contribution in [-0.4, -0.2) is 68.3 Å². The number of ether oxygens (including phenoxy) is 1. The molecule has 4 heteroatoms. The molecule has 2 fully saturated rings. The highest BCUT2D eigenvalue weighted by atomic mass is 16.5. The Morgan fingerprint density at radius 3 is 2.30 bits per heavy atom. The van der Waals surface area contributed by atoms with E-state index in [9.17, 15) is 0 Å². The molecule has 0 unspecified atom stereocenters. The first-order chi connectivity index (χ1) is 11.4. The van der Waals surface area contributed by atoms with Crippen LogP contribution in [0.1, 0.15) is 64.2 Å². The summed E-state index contributed by atoms with van der Waals surface area (Å²) in [6, 6.07) is 0.864. The van der Waals surface area contributed by atoms with Crippen LogP contribution in [0.2, 0.25) is 0 Å². The van der Waals surface area contributed by atoms with Gasteiger partial charge in [0.2, 0.25) is 0 Å². The Morgan fingerprint density at radius 2 is 1.57 bits per heavy atom. The number of rotatable bonds is 11. The van der Waals surface area contributed by atoms with Crippen molar-refractivity contribution in [2.45, 2.75) is 70.3 Å². The lowest BCUT2D eigenvalue weighted by Crippen LogP contribution is -2.41. The smallest absolute Gasteiger partial charge is 0.0594 e. The maximum Gasteiger partial charge on any atom is 0.0594 e. The molecule has 1 aliphatic heterocycles. The van der Waals surface area contributed by atoms with Crippen molar-refractivity contribution in [1.82, 2.24) is 9.80 Å². The quantitative estimate of drug-likeness (QED) is 0.593. The first-order valence-electron chi connectivity index (χ1n) is 10.1. The zero-order chi connectivity index (χ0) is 16.2. The predicted molar refractivity (Wildman–Crippen MR) is 97.8 cm³/mol. The molecule has 2 N–H and O–H groups in total. The minimum atomic E-state index is 0.853. The Morgan fingerprint density at radius 1 is 0.870 bits per heavy atom. The van der Waals surface area contributed by atoms with Crippen molar-refractivity contribution in [3.8, 4) is 0 Å². The lowest BCUT2D eigenvalue weighted by Gasteiger charge is -2.35. The molecule has 0 aromatic heterocycles. The number of unbranched alkanes of at least 4 members (excludes halogenated alkanes) is 3. The molecule has 2 aliphatic rings. The molecule has 23 heavy (non-hydrogen) atoms. The molecule has 1 saturated heterocycles. The number of morpholine rings is 1. The van der Waals surface area contributed by atoms with Crippen LogP contribution < -0.4 is 5.73 Å². The second-order valence-electron chi connectivity index (χ2n) is 7.34. The Labute approximate surface area is 143 Å². The Kier molecular flexibility index (Phi) is 10.2. The molecule has 1 aliphatic carbocycles. The standard InChI is InChI=1S/C19H39N3O/c20-11-6-1-2-7-13-22(19-9-4-3-5-10-19)14-8-12-21-15-17-23-18-16-21/h19H,1-18,20H2. The normalized spacial score (nSPS) is 21.1. The van der Waals surface area contributed by atoms with Gasteiger partial charge in [0.25, 0.3) is 0 Å². The van der Waals surface area contributed by atoms with Crippen LogP contribution in [0.25, 0.3) is 0 Å². The summed E-state index contributed by atoms with van der Waals surface area (Å²) in [7, 11) is 0. The molecular weight excluding hydrogens is 286 g/mol. The van der Waals surface area contributed by atoms with E-state index in [1.54, 1.807) is 0 Å². The molecule has 0 atom stereocenters. The fraction of sp³-hybridized carbons (Fsp3) is 1.00. The molecule has 0 radical (unpaired) electrons. The first-order valence-corrected chi connectivity index (χ1v) is 10.1. The van der Waals surface area contributed by atoms with Gasteiger partial charge in [-0.05, 0) is 58.3 Å². The van der Waals surface area contributed by atoms with Crippen molar-refractivity contribution in [1.29, 1.82) is 0 Å². The van der Waals surface area contributed by atoms with Gasteiger partial charge < -0.3 is 15.4 Å². The van der Waals surface area contributed by atoms with Gasteiger partial charge in [0.05, 0.1) is 13.2 Å². The predicted octanol–water partition coefficient (Wildman–Crippen LogP) is 2.86. The average Bonchev–Trinajstić information content (AvgIpc) is 2.62. The molecule has 136 valence electrons. The van der Waals surface area contributed by atoms with E-state index in [-0.39, 0.29) is 0 Å². The highest BCUT2D eigenvalue weighted by Gasteiger charge is 2.20. The summed E-state index contributed by atoms with van der Waals surface area (Å²) in [5.41, 5.74) is 5.60. The van der Waals surface area contributed by atoms with Crippen molar-refractivity contribution in [3.63, 3.8) is 0 Å². The maximum atomic E-state index is 5.60. The Bertz CT molecular complexity index is 276. The van der Waals surface area contributed by atoms with Gasteiger partial charge in [-0.15, -0.1) is 0 Å². The molecule has 0 aromatic carbocycles. The molecule has 2 rings (SSSR count). The van der Waals surface area contributed by atoms with Gasteiger partial charge in [-0.2, -0.15) is 0 Å². The Balaban J connectivity index is 1.66. The summed E-state index contributed by atoms with van der Waals surface area (Å²) < 4.78 is 5.45. The second kappa shape index (κ2) is 12.2. The number of nitrogens with two attached hydrogens (primary N) is 1. The molecule has 0 aromatic rings. The second-order valence-corrected chi connectivity index (χ2v) is 7.34. The third-order valence-electron chi connectivity index (χ3n) is 5.51. The molecule has 0 bridgehead atoms. The van der Waals surface area contributed by atoms with Gasteiger partial charge >= 0.3 is 0 Å². The van der Waals surface area contributed by atoms with E-state index in [4.69, 9.17) is 10.5 Å². The van der Waals surface area contributed by atoms with E-state index in [0.29, 0.717) is 0 Å². The lowest BCUT2D eigenvalue weighted by molar-refractivity contribution is 0.0348. The van der Waals surface area contributed by atoms with Crippen molar-refractivity contribution in [2.75, 3.05) is 52.5 Å². The van der Waals surface area contributed by atoms with Crippen LogP contribution in [0.4, 0.5) is 0 Å². The third-order valence-corrected chi connectivity index (χ3v) is 5.51. The summed E-state index contributed by atoms with van der Waals surface area (Å²) in [5.74, 6) is 0. The van der Waals surface area contributed by atoms with Gasteiger partial charge in [0.1, 0.15) is 0 Å². The van der Waals surface area contributed by atoms with Gasteiger partial charge in [0, 0.05) is 19.1 Å². The van der Waals surface area contributed by atoms with E-state index in [0.717, 1.165) is 38.9 Å². The largest absolute Gasteiger partial charge is 0.379 e. The lowest BCUT2D eigenvalue weighted by atomic mass is 9.93. The highest BCUT2D eigenvalue weighted by Crippen LogP contribution is 2.23. The van der Waals surface area contributed by atoms with Crippen LogP contribution in [0, 0.1) is 0 Å². The van der Waals surface area contributed by atoms with Crippen molar-refractivity contribution >= 4 is 0 Å². The van der Waals surface area contributed by atoms with E-state index >= 15 is 0 Å². The molecular formula is C19H39N3O. The van der Waals surface area contributed by atoms with Gasteiger partial charge in [-0.3, -0.25) is 4.90 Å². The topological polar surface area (TPSA) is 41.7 Å². The zero-order valence-corrected chi connectivity index (χ0v) is 15.2. The number of hydrogen-bond acceptors (Lipinski definition) is 4. The summed E-state index contributed by atoms with van der Waals surface area (Å²) in [5, 5.41) is 0. The van der Waals surface area contributed by atoms with Crippen molar-refractivity contribution in [2.24, 2.45) is 5.73 Å². The van der Waals surface area contributed by atoms with Crippen LogP contribution in [0.5, 0.6) is 0 Å². The van der Waals surface area contributed by atoms with Crippen LogP contribution in [0.15, 0.2) is 0 Å². The Hall–Kier alpha value is -0.160. The number of nitrogens with zero attached hydrogens (tertiary/aromatic N) is 2. The van der Waals surface area contributed by atoms with Crippen LogP contribution in [0.3, 0.4) is 0 Å². The fourth-order valence-electron chi connectivity index (χ4n) is 4.06. The van der Waals surface area contributed by atoms with Gasteiger partial charge in [-0.1, -0.05) is 32.1 Å². The number of hydrogen-bond donors (Lipinski definition) is 1.